The van der Waals surface area contributed by atoms with Gasteiger partial charge in [0.05, 0.1) is 17.8 Å². The third kappa shape index (κ3) is 3.34. The van der Waals surface area contributed by atoms with Gasteiger partial charge in [0.15, 0.2) is 0 Å². The Hall–Kier alpha value is -1.47. The summed E-state index contributed by atoms with van der Waals surface area (Å²) in [6, 6.07) is 10.2. The minimum atomic E-state index is -0.271. The lowest BCUT2D eigenvalue weighted by atomic mass is 10.2. The van der Waals surface area contributed by atoms with E-state index in [0.29, 0.717) is 27.7 Å². The van der Waals surface area contributed by atoms with E-state index in [2.05, 4.69) is 27.9 Å². The number of carbonyl (C=O) groups excluding carboxylic acids is 1. The van der Waals surface area contributed by atoms with E-state index < -0.39 is 0 Å². The molecular weight excluding hydrogens is 391 g/mol. The molecule has 2 rings (SSSR count). The summed E-state index contributed by atoms with van der Waals surface area (Å²) in [6.07, 6.45) is 0. The van der Waals surface area contributed by atoms with Gasteiger partial charge in [-0.2, -0.15) is 0 Å². The van der Waals surface area contributed by atoms with Crippen molar-refractivity contribution in [3.05, 3.63) is 50.6 Å². The van der Waals surface area contributed by atoms with E-state index in [4.69, 9.17) is 22.1 Å². The van der Waals surface area contributed by atoms with Crippen LogP contribution in [0.4, 0.5) is 11.4 Å². The Bertz CT molecular complexity index is 662. The van der Waals surface area contributed by atoms with Gasteiger partial charge >= 0.3 is 0 Å². The molecule has 0 atom stereocenters. The summed E-state index contributed by atoms with van der Waals surface area (Å²) >= 11 is 8.12. The lowest BCUT2D eigenvalue weighted by molar-refractivity contribution is 0.102. The van der Waals surface area contributed by atoms with Crippen LogP contribution >= 0.6 is 34.2 Å². The van der Waals surface area contributed by atoms with Crippen molar-refractivity contribution in [3.8, 4) is 5.75 Å². The molecule has 6 heteroatoms. The standard InChI is InChI=1S/C14H12ClIN2O2/c1-20-13-5-3-9(17)7-12(13)18-14(19)8-2-4-11(16)10(15)6-8/h2-7H,17H2,1H3,(H,18,19). The van der Waals surface area contributed by atoms with Crippen molar-refractivity contribution in [1.29, 1.82) is 0 Å². The zero-order valence-corrected chi connectivity index (χ0v) is 13.5. The highest BCUT2D eigenvalue weighted by molar-refractivity contribution is 14.1. The van der Waals surface area contributed by atoms with Gasteiger partial charge in [-0.3, -0.25) is 4.79 Å². The monoisotopic (exact) mass is 402 g/mol. The van der Waals surface area contributed by atoms with Crippen LogP contribution in [0.3, 0.4) is 0 Å². The predicted octanol–water partition coefficient (Wildman–Crippen LogP) is 3.79. The van der Waals surface area contributed by atoms with Gasteiger partial charge < -0.3 is 15.8 Å². The van der Waals surface area contributed by atoms with Crippen LogP contribution in [0.15, 0.2) is 36.4 Å². The minimum Gasteiger partial charge on any atom is -0.495 e. The normalized spacial score (nSPS) is 10.2. The van der Waals surface area contributed by atoms with Gasteiger partial charge in [-0.05, 0) is 59.0 Å². The Balaban J connectivity index is 2.27. The minimum absolute atomic E-state index is 0.271. The summed E-state index contributed by atoms with van der Waals surface area (Å²) in [4.78, 5) is 12.2. The maximum atomic E-state index is 12.2. The molecule has 2 aromatic rings. The maximum Gasteiger partial charge on any atom is 0.255 e. The van der Waals surface area contributed by atoms with E-state index in [-0.39, 0.29) is 5.91 Å². The molecule has 0 saturated carbocycles. The van der Waals surface area contributed by atoms with Crippen molar-refractivity contribution in [2.24, 2.45) is 0 Å². The van der Waals surface area contributed by atoms with Crippen LogP contribution in [-0.2, 0) is 0 Å². The van der Waals surface area contributed by atoms with Crippen LogP contribution in [0.1, 0.15) is 10.4 Å². The number of carbonyl (C=O) groups is 1. The van der Waals surface area contributed by atoms with E-state index in [1.807, 2.05) is 0 Å². The molecule has 0 heterocycles. The average molecular weight is 403 g/mol. The molecule has 2 aromatic carbocycles. The van der Waals surface area contributed by atoms with Crippen LogP contribution in [0.5, 0.6) is 5.75 Å². The number of nitrogens with two attached hydrogens (primary N) is 1. The van der Waals surface area contributed by atoms with E-state index in [0.717, 1.165) is 3.57 Å². The van der Waals surface area contributed by atoms with Crippen molar-refractivity contribution in [2.45, 2.75) is 0 Å². The first-order valence-corrected chi connectivity index (χ1v) is 7.17. The van der Waals surface area contributed by atoms with Gasteiger partial charge in [0.1, 0.15) is 5.75 Å². The number of benzene rings is 2. The maximum absolute atomic E-state index is 12.2. The van der Waals surface area contributed by atoms with Crippen molar-refractivity contribution in [2.75, 3.05) is 18.2 Å². The number of nitrogen functional groups attached to an aromatic ring is 1. The molecule has 20 heavy (non-hydrogen) atoms. The molecule has 0 aromatic heterocycles. The topological polar surface area (TPSA) is 64.3 Å². The molecule has 0 spiro atoms. The van der Waals surface area contributed by atoms with Gasteiger partial charge in [0, 0.05) is 14.8 Å². The largest absolute Gasteiger partial charge is 0.495 e. The Morgan fingerprint density at radius 2 is 2.05 bits per heavy atom. The molecule has 1 amide bonds. The summed E-state index contributed by atoms with van der Waals surface area (Å²) in [5.74, 6) is 0.274. The van der Waals surface area contributed by atoms with Crippen LogP contribution in [-0.4, -0.2) is 13.0 Å². The Morgan fingerprint density at radius 3 is 2.70 bits per heavy atom. The molecule has 0 aliphatic carbocycles. The van der Waals surface area contributed by atoms with Crippen molar-refractivity contribution >= 4 is 51.5 Å². The summed E-state index contributed by atoms with van der Waals surface area (Å²) in [5.41, 5.74) is 7.25. The molecule has 0 aliphatic rings. The molecule has 4 nitrogen and oxygen atoms in total. The highest BCUT2D eigenvalue weighted by Gasteiger charge is 2.11. The smallest absolute Gasteiger partial charge is 0.255 e. The second-order valence-electron chi connectivity index (χ2n) is 4.04. The number of anilines is 2. The molecule has 3 N–H and O–H groups in total. The summed E-state index contributed by atoms with van der Waals surface area (Å²) in [6.45, 7) is 0. The Labute approximate surface area is 135 Å². The van der Waals surface area contributed by atoms with Crippen LogP contribution in [0.2, 0.25) is 5.02 Å². The van der Waals surface area contributed by atoms with Crippen molar-refractivity contribution < 1.29 is 9.53 Å². The van der Waals surface area contributed by atoms with Crippen LogP contribution in [0.25, 0.3) is 0 Å². The quantitative estimate of drug-likeness (QED) is 0.606. The lowest BCUT2D eigenvalue weighted by Crippen LogP contribution is -2.13. The fraction of sp³-hybridized carbons (Fsp3) is 0.0714. The van der Waals surface area contributed by atoms with Crippen molar-refractivity contribution in [3.63, 3.8) is 0 Å². The number of nitrogens with one attached hydrogen (secondary N) is 1. The molecule has 0 fully saturated rings. The van der Waals surface area contributed by atoms with Crippen molar-refractivity contribution in [1.82, 2.24) is 0 Å². The number of hydrogen-bond donors (Lipinski definition) is 2. The van der Waals surface area contributed by atoms with Gasteiger partial charge in [0.2, 0.25) is 0 Å². The number of ether oxygens (including phenoxy) is 1. The summed E-state index contributed by atoms with van der Waals surface area (Å²) in [7, 11) is 1.53. The fourth-order valence-corrected chi connectivity index (χ4v) is 2.17. The Kier molecular flexibility index (Phi) is 4.72. The van der Waals surface area contributed by atoms with E-state index in [1.54, 1.807) is 36.4 Å². The third-order valence-electron chi connectivity index (χ3n) is 2.65. The molecule has 0 unspecified atom stereocenters. The van der Waals surface area contributed by atoms with E-state index in [1.165, 1.54) is 7.11 Å². The zero-order valence-electron chi connectivity index (χ0n) is 10.6. The molecule has 0 bridgehead atoms. The number of halogens is 2. The van der Waals surface area contributed by atoms with Gasteiger partial charge in [0.25, 0.3) is 5.91 Å². The lowest BCUT2D eigenvalue weighted by Gasteiger charge is -2.11. The first-order valence-electron chi connectivity index (χ1n) is 5.71. The first-order chi connectivity index (χ1) is 9.51. The summed E-state index contributed by atoms with van der Waals surface area (Å²) in [5, 5.41) is 3.30. The fourth-order valence-electron chi connectivity index (χ4n) is 1.66. The first kappa shape index (κ1) is 14.9. The number of hydrogen-bond acceptors (Lipinski definition) is 3. The van der Waals surface area contributed by atoms with E-state index in [9.17, 15) is 4.79 Å². The highest BCUT2D eigenvalue weighted by atomic mass is 127. The van der Waals surface area contributed by atoms with Gasteiger partial charge in [-0.15, -0.1) is 0 Å². The molecule has 0 radical (unpaired) electrons. The van der Waals surface area contributed by atoms with Gasteiger partial charge in [-0.25, -0.2) is 0 Å². The highest BCUT2D eigenvalue weighted by Crippen LogP contribution is 2.27. The predicted molar refractivity (Wildman–Crippen MR) is 89.5 cm³/mol. The van der Waals surface area contributed by atoms with E-state index >= 15 is 0 Å². The second-order valence-corrected chi connectivity index (χ2v) is 5.61. The molecule has 0 saturated heterocycles. The average Bonchev–Trinajstić information content (AvgIpc) is 2.42. The van der Waals surface area contributed by atoms with Gasteiger partial charge in [-0.1, -0.05) is 11.6 Å². The Morgan fingerprint density at radius 1 is 1.30 bits per heavy atom. The molecular formula is C14H12ClIN2O2. The number of rotatable bonds is 3. The number of methoxy groups -OCH3 is 1. The molecule has 0 aliphatic heterocycles. The van der Waals surface area contributed by atoms with Crippen LogP contribution < -0.4 is 15.8 Å². The van der Waals surface area contributed by atoms with Crippen LogP contribution in [0, 0.1) is 3.57 Å². The second kappa shape index (κ2) is 6.32. The zero-order chi connectivity index (χ0) is 14.7. The SMILES string of the molecule is COc1ccc(N)cc1NC(=O)c1ccc(I)c(Cl)c1. The molecule has 104 valence electrons. The summed E-state index contributed by atoms with van der Waals surface area (Å²) < 4.78 is 6.07. The third-order valence-corrected chi connectivity index (χ3v) is 4.23. The number of amides is 1.